The van der Waals surface area contributed by atoms with Gasteiger partial charge in [0.2, 0.25) is 10.0 Å². The average Bonchev–Trinajstić information content (AvgIpc) is 2.58. The van der Waals surface area contributed by atoms with Crippen LogP contribution in [0.5, 0.6) is 5.75 Å². The Balaban J connectivity index is 2.49. The Morgan fingerprint density at radius 1 is 1.31 bits per heavy atom. The first-order chi connectivity index (χ1) is 12.0. The van der Waals surface area contributed by atoms with E-state index in [1.807, 2.05) is 13.8 Å². The number of ether oxygens (including phenoxy) is 3. The second kappa shape index (κ2) is 7.40. The molecule has 1 aromatic rings. The number of esters is 1. The molecule has 1 aliphatic rings. The number of amides is 1. The molecule has 10 heteroatoms. The number of nitrogens with one attached hydrogen (secondary N) is 1. The Morgan fingerprint density at radius 3 is 2.58 bits per heavy atom. The predicted molar refractivity (Wildman–Crippen MR) is 94.9 cm³/mol. The highest BCUT2D eigenvalue weighted by atomic mass is 32.2. The number of carbonyl (C=O) groups is 2. The van der Waals surface area contributed by atoms with Crippen molar-refractivity contribution in [3.63, 3.8) is 0 Å². The quantitative estimate of drug-likeness (QED) is 0.782. The number of benzene rings is 1. The zero-order chi connectivity index (χ0) is 19.5. The second-order valence-electron chi connectivity index (χ2n) is 6.73. The van der Waals surface area contributed by atoms with Gasteiger partial charge in [-0.15, -0.1) is 0 Å². The van der Waals surface area contributed by atoms with Gasteiger partial charge in [-0.3, -0.25) is 14.4 Å². The maximum atomic E-state index is 12.5. The number of carbonyl (C=O) groups excluding carboxylic acids is 2. The van der Waals surface area contributed by atoms with Gasteiger partial charge in [0.15, 0.2) is 0 Å². The molecule has 0 spiro atoms. The first-order valence-electron chi connectivity index (χ1n) is 7.76. The summed E-state index contributed by atoms with van der Waals surface area (Å²) in [7, 11) is -2.27. The summed E-state index contributed by atoms with van der Waals surface area (Å²) in [6, 6.07) is 4.39. The number of anilines is 2. The Hall–Kier alpha value is -2.49. The second-order valence-corrected chi connectivity index (χ2v) is 8.47. The van der Waals surface area contributed by atoms with Gasteiger partial charge in [-0.1, -0.05) is 13.8 Å². The van der Waals surface area contributed by atoms with Gasteiger partial charge in [-0.05, 0) is 12.1 Å². The van der Waals surface area contributed by atoms with Gasteiger partial charge in [0, 0.05) is 11.5 Å². The Kier molecular flexibility index (Phi) is 5.65. The number of sulfonamides is 1. The van der Waals surface area contributed by atoms with Gasteiger partial charge in [-0.25, -0.2) is 13.2 Å². The zero-order valence-electron chi connectivity index (χ0n) is 15.1. The monoisotopic (exact) mass is 386 g/mol. The van der Waals surface area contributed by atoms with E-state index >= 15 is 0 Å². The van der Waals surface area contributed by atoms with Crippen LogP contribution in [0, 0.1) is 5.41 Å². The van der Waals surface area contributed by atoms with Crippen LogP contribution >= 0.6 is 0 Å². The Morgan fingerprint density at radius 2 is 1.96 bits per heavy atom. The minimum Gasteiger partial charge on any atom is -0.491 e. The highest BCUT2D eigenvalue weighted by molar-refractivity contribution is 7.92. The van der Waals surface area contributed by atoms with E-state index in [1.54, 1.807) is 0 Å². The largest absolute Gasteiger partial charge is 0.491 e. The van der Waals surface area contributed by atoms with Crippen LogP contribution in [0.3, 0.4) is 0 Å². The zero-order valence-corrected chi connectivity index (χ0v) is 15.9. The van der Waals surface area contributed by atoms with Crippen LogP contribution in [-0.4, -0.2) is 53.6 Å². The Labute approximate surface area is 152 Å². The van der Waals surface area contributed by atoms with Gasteiger partial charge in [0.1, 0.15) is 18.9 Å². The lowest BCUT2D eigenvalue weighted by Crippen LogP contribution is -2.38. The van der Waals surface area contributed by atoms with Crippen molar-refractivity contribution in [2.45, 2.75) is 13.8 Å². The summed E-state index contributed by atoms with van der Waals surface area (Å²) in [5.74, 6) is -0.390. The number of nitrogens with zero attached hydrogens (tertiary/aromatic N) is 1. The van der Waals surface area contributed by atoms with E-state index in [1.165, 1.54) is 25.3 Å². The summed E-state index contributed by atoms with van der Waals surface area (Å²) in [4.78, 5) is 25.3. The molecule has 0 saturated carbocycles. The molecule has 1 aromatic carbocycles. The van der Waals surface area contributed by atoms with Crippen LogP contribution in [0.2, 0.25) is 0 Å². The lowest BCUT2D eigenvalue weighted by molar-refractivity contribution is -0.138. The highest BCUT2D eigenvalue weighted by Gasteiger charge is 2.30. The van der Waals surface area contributed by atoms with E-state index in [4.69, 9.17) is 9.47 Å². The van der Waals surface area contributed by atoms with Crippen molar-refractivity contribution in [2.75, 3.05) is 42.7 Å². The van der Waals surface area contributed by atoms with Crippen molar-refractivity contribution in [2.24, 2.45) is 5.41 Å². The van der Waals surface area contributed by atoms with E-state index in [9.17, 15) is 18.0 Å². The summed E-state index contributed by atoms with van der Waals surface area (Å²) in [5.41, 5.74) is 0.0703. The normalized spacial score (nSPS) is 16.9. The van der Waals surface area contributed by atoms with Crippen molar-refractivity contribution in [3.8, 4) is 5.75 Å². The molecule has 0 aromatic heterocycles. The smallest absolute Gasteiger partial charge is 0.414 e. The van der Waals surface area contributed by atoms with E-state index in [2.05, 4.69) is 9.46 Å². The number of hydrogen-bond acceptors (Lipinski definition) is 7. The van der Waals surface area contributed by atoms with Crippen molar-refractivity contribution in [3.05, 3.63) is 18.2 Å². The fraction of sp³-hybridized carbons (Fsp3) is 0.500. The molecule has 0 radical (unpaired) electrons. The first kappa shape index (κ1) is 19.8. The van der Waals surface area contributed by atoms with Crippen LogP contribution < -0.4 is 14.4 Å². The highest BCUT2D eigenvalue weighted by Crippen LogP contribution is 2.35. The maximum Gasteiger partial charge on any atom is 0.414 e. The lowest BCUT2D eigenvalue weighted by atomic mass is 9.96. The van der Waals surface area contributed by atoms with Crippen LogP contribution in [0.1, 0.15) is 13.8 Å². The molecule has 1 heterocycles. The fourth-order valence-corrected chi connectivity index (χ4v) is 2.78. The molecule has 1 aliphatic heterocycles. The molecular weight excluding hydrogens is 364 g/mol. The van der Waals surface area contributed by atoms with Crippen LogP contribution in [0.4, 0.5) is 16.2 Å². The fourth-order valence-electron chi connectivity index (χ4n) is 2.22. The molecule has 1 N–H and O–H groups in total. The van der Waals surface area contributed by atoms with E-state index < -0.39 is 27.5 Å². The van der Waals surface area contributed by atoms with Crippen LogP contribution in [0.25, 0.3) is 0 Å². The summed E-state index contributed by atoms with van der Waals surface area (Å²) >= 11 is 0. The number of rotatable bonds is 4. The van der Waals surface area contributed by atoms with Gasteiger partial charge >= 0.3 is 12.1 Å². The molecule has 9 nitrogen and oxygen atoms in total. The lowest BCUT2D eigenvalue weighted by Gasteiger charge is -2.23. The van der Waals surface area contributed by atoms with Gasteiger partial charge in [-0.2, -0.15) is 0 Å². The topological polar surface area (TPSA) is 111 Å². The number of methoxy groups -OCH3 is 1. The first-order valence-corrected chi connectivity index (χ1v) is 9.66. The SMILES string of the molecule is COC(=O)CN1C(=O)OCC(C)(C)COc2cc(NS(C)(=O)=O)ccc21. The van der Waals surface area contributed by atoms with Crippen LogP contribution in [-0.2, 0) is 24.3 Å². The Bertz CT molecular complexity index is 805. The third kappa shape index (κ3) is 5.25. The molecule has 0 atom stereocenters. The molecule has 0 bridgehead atoms. The van der Waals surface area contributed by atoms with Crippen molar-refractivity contribution < 1.29 is 32.2 Å². The summed E-state index contributed by atoms with van der Waals surface area (Å²) < 4.78 is 41.0. The van der Waals surface area contributed by atoms with Gasteiger partial charge in [0.25, 0.3) is 0 Å². The molecule has 0 fully saturated rings. The van der Waals surface area contributed by atoms with E-state index in [0.29, 0.717) is 0 Å². The molecule has 1 amide bonds. The molecular formula is C16H22N2O7S. The van der Waals surface area contributed by atoms with E-state index in [-0.39, 0.29) is 36.9 Å². The van der Waals surface area contributed by atoms with Gasteiger partial charge < -0.3 is 14.2 Å². The predicted octanol–water partition coefficient (Wildman–Crippen LogP) is 1.59. The minimum atomic E-state index is -3.48. The molecule has 0 unspecified atom stereocenters. The third-order valence-electron chi connectivity index (χ3n) is 3.49. The molecule has 26 heavy (non-hydrogen) atoms. The van der Waals surface area contributed by atoms with Crippen molar-refractivity contribution >= 4 is 33.5 Å². The third-order valence-corrected chi connectivity index (χ3v) is 4.10. The average molecular weight is 386 g/mol. The van der Waals surface area contributed by atoms with Crippen molar-refractivity contribution in [1.82, 2.24) is 0 Å². The molecule has 0 saturated heterocycles. The maximum absolute atomic E-state index is 12.5. The molecule has 144 valence electrons. The number of hydrogen-bond donors (Lipinski definition) is 1. The standard InChI is InChI=1S/C16H22N2O7S/c1-16(2)9-24-13-7-11(17-26(4,21)22)5-6-12(13)18(8-14(19)23-3)15(20)25-10-16/h5-7,17H,8-10H2,1-4H3. The summed E-state index contributed by atoms with van der Waals surface area (Å²) in [6.45, 7) is 3.65. The molecule has 2 rings (SSSR count). The summed E-state index contributed by atoms with van der Waals surface area (Å²) in [5, 5.41) is 0. The van der Waals surface area contributed by atoms with Gasteiger partial charge in [0.05, 0.1) is 31.3 Å². The molecule has 0 aliphatic carbocycles. The minimum absolute atomic E-state index is 0.0892. The summed E-state index contributed by atoms with van der Waals surface area (Å²) in [6.07, 6.45) is 0.304. The van der Waals surface area contributed by atoms with Crippen LogP contribution in [0.15, 0.2) is 18.2 Å². The van der Waals surface area contributed by atoms with E-state index in [0.717, 1.165) is 11.2 Å². The van der Waals surface area contributed by atoms with Crippen molar-refractivity contribution in [1.29, 1.82) is 0 Å². The number of cyclic esters (lactones) is 1. The number of fused-ring (bicyclic) bond motifs is 1.